The monoisotopic (exact) mass is 225 g/mol. The van der Waals surface area contributed by atoms with Gasteiger partial charge in [0.1, 0.15) is 0 Å². The van der Waals surface area contributed by atoms with Crippen molar-refractivity contribution in [1.82, 2.24) is 4.90 Å². The second kappa shape index (κ2) is 4.85. The molecular weight excluding hydrogens is 206 g/mol. The lowest BCUT2D eigenvalue weighted by Crippen LogP contribution is -2.36. The molecule has 1 saturated carbocycles. The Hall–Kier alpha value is -1.06. The van der Waals surface area contributed by atoms with E-state index in [0.717, 1.165) is 12.8 Å². The zero-order chi connectivity index (χ0) is 11.5. The molecule has 16 heavy (non-hydrogen) atoms. The summed E-state index contributed by atoms with van der Waals surface area (Å²) in [6, 6.07) is 0.305. The van der Waals surface area contributed by atoms with E-state index in [9.17, 15) is 9.59 Å². The van der Waals surface area contributed by atoms with Crippen LogP contribution in [0, 0.1) is 5.92 Å². The Morgan fingerprint density at radius 3 is 2.31 bits per heavy atom. The summed E-state index contributed by atoms with van der Waals surface area (Å²) >= 11 is 0. The average molecular weight is 225 g/mol. The highest BCUT2D eigenvalue weighted by Gasteiger charge is 2.37. The minimum absolute atomic E-state index is 0.0410. The van der Waals surface area contributed by atoms with Crippen LogP contribution < -0.4 is 0 Å². The van der Waals surface area contributed by atoms with E-state index >= 15 is 0 Å². The maximum Gasteiger partial charge on any atom is 0.308 e. The van der Waals surface area contributed by atoms with Gasteiger partial charge in [0.25, 0.3) is 0 Å². The van der Waals surface area contributed by atoms with Crippen LogP contribution in [0.25, 0.3) is 0 Å². The minimum Gasteiger partial charge on any atom is -0.481 e. The Balaban J connectivity index is 1.98. The summed E-state index contributed by atoms with van der Waals surface area (Å²) < 4.78 is 0. The Kier molecular flexibility index (Phi) is 3.46. The summed E-state index contributed by atoms with van der Waals surface area (Å²) in [5.41, 5.74) is 0. The predicted octanol–water partition coefficient (Wildman–Crippen LogP) is 1.64. The average Bonchev–Trinajstić information content (AvgIpc) is 2.50. The maximum absolute atomic E-state index is 11.8. The molecule has 90 valence electrons. The molecule has 0 aromatic heterocycles. The standard InChI is InChI=1S/C12H19NO3/c14-11-7-9(12(15)16)8-13(11)10-5-3-1-2-4-6-10/h9-10H,1-8H2,(H,15,16)/t9-/m0/s1. The number of nitrogens with zero attached hydrogens (tertiary/aromatic N) is 1. The van der Waals surface area contributed by atoms with Crippen LogP contribution in [0.15, 0.2) is 0 Å². The van der Waals surface area contributed by atoms with Crippen LogP contribution in [0.5, 0.6) is 0 Å². The van der Waals surface area contributed by atoms with Crippen molar-refractivity contribution >= 4 is 11.9 Å². The van der Waals surface area contributed by atoms with Crippen molar-refractivity contribution in [3.8, 4) is 0 Å². The third kappa shape index (κ3) is 2.36. The van der Waals surface area contributed by atoms with E-state index in [1.807, 2.05) is 4.90 Å². The molecule has 0 aromatic carbocycles. The van der Waals surface area contributed by atoms with Crippen molar-refractivity contribution in [3.05, 3.63) is 0 Å². The number of carbonyl (C=O) groups is 2. The third-order valence-corrected chi connectivity index (χ3v) is 3.77. The molecule has 2 rings (SSSR count). The lowest BCUT2D eigenvalue weighted by atomic mass is 10.1. The van der Waals surface area contributed by atoms with E-state index in [-0.39, 0.29) is 12.3 Å². The smallest absolute Gasteiger partial charge is 0.308 e. The molecular formula is C12H19NO3. The number of amides is 1. The van der Waals surface area contributed by atoms with Gasteiger partial charge in [-0.3, -0.25) is 9.59 Å². The molecule has 1 heterocycles. The fourth-order valence-corrected chi connectivity index (χ4v) is 2.82. The van der Waals surface area contributed by atoms with Crippen LogP contribution in [0.2, 0.25) is 0 Å². The molecule has 4 nitrogen and oxygen atoms in total. The number of carboxylic acid groups (broad SMARTS) is 1. The normalized spacial score (nSPS) is 28.1. The van der Waals surface area contributed by atoms with Crippen LogP contribution in [0.1, 0.15) is 44.9 Å². The number of likely N-dealkylation sites (tertiary alicyclic amines) is 1. The summed E-state index contributed by atoms with van der Waals surface area (Å²) in [6.45, 7) is 0.429. The molecule has 2 aliphatic rings. The van der Waals surface area contributed by atoms with E-state index < -0.39 is 11.9 Å². The Morgan fingerprint density at radius 1 is 1.19 bits per heavy atom. The molecule has 1 saturated heterocycles. The number of carboxylic acids is 1. The van der Waals surface area contributed by atoms with Crippen molar-refractivity contribution < 1.29 is 14.7 Å². The minimum atomic E-state index is -0.829. The predicted molar refractivity (Wildman–Crippen MR) is 58.9 cm³/mol. The van der Waals surface area contributed by atoms with Gasteiger partial charge in [0.15, 0.2) is 0 Å². The number of hydrogen-bond acceptors (Lipinski definition) is 2. The van der Waals surface area contributed by atoms with Gasteiger partial charge in [0.05, 0.1) is 5.92 Å². The van der Waals surface area contributed by atoms with Crippen molar-refractivity contribution in [3.63, 3.8) is 0 Å². The number of aliphatic carboxylic acids is 1. The summed E-state index contributed by atoms with van der Waals surface area (Å²) in [4.78, 5) is 24.5. The highest BCUT2D eigenvalue weighted by molar-refractivity contribution is 5.86. The molecule has 1 atom stereocenters. The molecule has 0 aromatic rings. The number of rotatable bonds is 2. The highest BCUT2D eigenvalue weighted by Crippen LogP contribution is 2.27. The summed E-state index contributed by atoms with van der Waals surface area (Å²) in [6.07, 6.45) is 7.15. The van der Waals surface area contributed by atoms with Gasteiger partial charge < -0.3 is 10.0 Å². The van der Waals surface area contributed by atoms with Crippen molar-refractivity contribution in [2.45, 2.75) is 51.0 Å². The first-order valence-corrected chi connectivity index (χ1v) is 6.21. The number of carbonyl (C=O) groups excluding carboxylic acids is 1. The highest BCUT2D eigenvalue weighted by atomic mass is 16.4. The van der Waals surface area contributed by atoms with Crippen molar-refractivity contribution in [2.75, 3.05) is 6.54 Å². The zero-order valence-electron chi connectivity index (χ0n) is 9.52. The van der Waals surface area contributed by atoms with E-state index in [4.69, 9.17) is 5.11 Å². The second-order valence-corrected chi connectivity index (χ2v) is 4.93. The quantitative estimate of drug-likeness (QED) is 0.727. The van der Waals surface area contributed by atoms with Crippen molar-refractivity contribution in [2.24, 2.45) is 5.92 Å². The molecule has 0 bridgehead atoms. The first-order valence-electron chi connectivity index (χ1n) is 6.21. The topological polar surface area (TPSA) is 57.6 Å². The molecule has 0 spiro atoms. The first-order chi connectivity index (χ1) is 7.68. The molecule has 0 unspecified atom stereocenters. The first kappa shape index (κ1) is 11.4. The Labute approximate surface area is 95.6 Å². The second-order valence-electron chi connectivity index (χ2n) is 4.93. The van der Waals surface area contributed by atoms with Gasteiger partial charge in [-0.1, -0.05) is 25.7 Å². The van der Waals surface area contributed by atoms with Crippen molar-refractivity contribution in [1.29, 1.82) is 0 Å². The van der Waals surface area contributed by atoms with Crippen LogP contribution in [-0.4, -0.2) is 34.5 Å². The molecule has 1 aliphatic heterocycles. The molecule has 0 radical (unpaired) electrons. The molecule has 1 amide bonds. The van der Waals surface area contributed by atoms with Gasteiger partial charge in [-0.2, -0.15) is 0 Å². The van der Waals surface area contributed by atoms with Crippen LogP contribution in [0.4, 0.5) is 0 Å². The van der Waals surface area contributed by atoms with Crippen LogP contribution >= 0.6 is 0 Å². The van der Waals surface area contributed by atoms with Gasteiger partial charge in [-0.05, 0) is 12.8 Å². The van der Waals surface area contributed by atoms with E-state index in [0.29, 0.717) is 12.6 Å². The SMILES string of the molecule is O=C(O)[C@H]1CC(=O)N(C2CCCCCC2)C1. The van der Waals surface area contributed by atoms with E-state index in [1.165, 1.54) is 25.7 Å². The fraction of sp³-hybridized carbons (Fsp3) is 0.833. The van der Waals surface area contributed by atoms with Crippen LogP contribution in [-0.2, 0) is 9.59 Å². The molecule has 1 N–H and O–H groups in total. The van der Waals surface area contributed by atoms with Gasteiger partial charge in [0, 0.05) is 19.0 Å². The van der Waals surface area contributed by atoms with E-state index in [1.54, 1.807) is 0 Å². The molecule has 4 heteroatoms. The van der Waals surface area contributed by atoms with Gasteiger partial charge >= 0.3 is 5.97 Å². The maximum atomic E-state index is 11.8. The summed E-state index contributed by atoms with van der Waals surface area (Å²) in [5, 5.41) is 8.92. The molecule has 2 fully saturated rings. The zero-order valence-corrected chi connectivity index (χ0v) is 9.52. The summed E-state index contributed by atoms with van der Waals surface area (Å²) in [7, 11) is 0. The van der Waals surface area contributed by atoms with Gasteiger partial charge in [0.2, 0.25) is 5.91 Å². The lowest BCUT2D eigenvalue weighted by Gasteiger charge is -2.26. The van der Waals surface area contributed by atoms with E-state index in [2.05, 4.69) is 0 Å². The summed E-state index contributed by atoms with van der Waals surface area (Å²) in [5.74, 6) is -1.26. The lowest BCUT2D eigenvalue weighted by molar-refractivity contribution is -0.141. The Bertz CT molecular complexity index is 282. The van der Waals surface area contributed by atoms with Gasteiger partial charge in [-0.15, -0.1) is 0 Å². The largest absolute Gasteiger partial charge is 0.481 e. The van der Waals surface area contributed by atoms with Crippen LogP contribution in [0.3, 0.4) is 0 Å². The Morgan fingerprint density at radius 2 is 1.81 bits per heavy atom. The molecule has 1 aliphatic carbocycles. The third-order valence-electron chi connectivity index (χ3n) is 3.77. The van der Waals surface area contributed by atoms with Gasteiger partial charge in [-0.25, -0.2) is 0 Å². The fourth-order valence-electron chi connectivity index (χ4n) is 2.82. The number of hydrogen-bond donors (Lipinski definition) is 1.